The molecule has 0 bridgehead atoms. The molecule has 1 saturated carbocycles. The number of hydrogen-bond acceptors (Lipinski definition) is 4. The minimum absolute atomic E-state index is 0.0182. The van der Waals surface area contributed by atoms with Gasteiger partial charge in [-0.3, -0.25) is 4.79 Å². The zero-order valence-electron chi connectivity index (χ0n) is 11.1. The van der Waals surface area contributed by atoms with E-state index in [-0.39, 0.29) is 23.5 Å². The lowest BCUT2D eigenvalue weighted by atomic mass is 9.74. The normalized spacial score (nSPS) is 37.2. The number of nitrogens with two attached hydrogens (primary N) is 1. The second-order valence-electron chi connectivity index (χ2n) is 5.62. The van der Waals surface area contributed by atoms with E-state index in [0.717, 1.165) is 25.7 Å². The summed E-state index contributed by atoms with van der Waals surface area (Å²) in [7, 11) is 0. The fraction of sp³-hybridized carbons (Fsp3) is 0.923. The molecule has 2 rings (SSSR count). The molecule has 104 valence electrons. The van der Waals surface area contributed by atoms with Gasteiger partial charge in [0.05, 0.1) is 31.8 Å². The van der Waals surface area contributed by atoms with Crippen LogP contribution in [0.3, 0.4) is 0 Å². The molecule has 0 aromatic carbocycles. The molecule has 3 unspecified atom stereocenters. The Hall–Kier alpha value is -0.650. The molecule has 3 N–H and O–H groups in total. The predicted octanol–water partition coefficient (Wildman–Crippen LogP) is 0.426. The van der Waals surface area contributed by atoms with Crippen LogP contribution in [0.4, 0.5) is 0 Å². The molecule has 0 aromatic heterocycles. The third-order valence-corrected chi connectivity index (χ3v) is 3.96. The number of hydrogen-bond donors (Lipinski definition) is 2. The van der Waals surface area contributed by atoms with Crippen molar-refractivity contribution in [2.24, 2.45) is 11.7 Å². The molecule has 2 aliphatic rings. The molecule has 3 atom stereocenters. The Morgan fingerprint density at radius 2 is 2.28 bits per heavy atom. The van der Waals surface area contributed by atoms with Gasteiger partial charge in [0.1, 0.15) is 0 Å². The molecule has 0 aromatic rings. The van der Waals surface area contributed by atoms with Crippen molar-refractivity contribution in [1.29, 1.82) is 0 Å². The van der Waals surface area contributed by atoms with Gasteiger partial charge in [0.15, 0.2) is 0 Å². The highest BCUT2D eigenvalue weighted by atomic mass is 16.6. The van der Waals surface area contributed by atoms with Crippen LogP contribution in [0.5, 0.6) is 0 Å². The summed E-state index contributed by atoms with van der Waals surface area (Å²) >= 11 is 0. The maximum atomic E-state index is 12.2. The van der Waals surface area contributed by atoms with Crippen molar-refractivity contribution in [2.75, 3.05) is 26.4 Å². The first-order valence-corrected chi connectivity index (χ1v) is 6.85. The fourth-order valence-corrected chi connectivity index (χ4v) is 2.78. The van der Waals surface area contributed by atoms with Crippen molar-refractivity contribution in [1.82, 2.24) is 5.32 Å². The van der Waals surface area contributed by atoms with E-state index in [1.165, 1.54) is 0 Å². The average molecular weight is 256 g/mol. The zero-order chi connectivity index (χ0) is 13.0. The first kappa shape index (κ1) is 13.8. The number of amides is 1. The maximum Gasteiger partial charge on any atom is 0.225 e. The van der Waals surface area contributed by atoms with E-state index in [2.05, 4.69) is 5.32 Å². The summed E-state index contributed by atoms with van der Waals surface area (Å²) in [5.41, 5.74) is 5.85. The van der Waals surface area contributed by atoms with Gasteiger partial charge < -0.3 is 20.5 Å². The summed E-state index contributed by atoms with van der Waals surface area (Å²) in [5.74, 6) is -0.00960. The van der Waals surface area contributed by atoms with E-state index in [1.807, 2.05) is 6.92 Å². The Balaban J connectivity index is 1.79. The van der Waals surface area contributed by atoms with Crippen LogP contribution < -0.4 is 11.1 Å². The molecule has 0 spiro atoms. The van der Waals surface area contributed by atoms with Gasteiger partial charge in [-0.25, -0.2) is 0 Å². The standard InChI is InChI=1S/C13H24N2O3/c1-13(14)5-3-2-4-11(13)12(16)15-8-10-9-17-6-7-18-10/h10-11H,2-9,14H2,1H3,(H,15,16). The number of rotatable bonds is 3. The molecular weight excluding hydrogens is 232 g/mol. The summed E-state index contributed by atoms with van der Waals surface area (Å²) in [5, 5.41) is 2.95. The van der Waals surface area contributed by atoms with Gasteiger partial charge in [0.2, 0.25) is 5.91 Å². The number of carbonyl (C=O) groups excluding carboxylic acids is 1. The van der Waals surface area contributed by atoms with Gasteiger partial charge in [0, 0.05) is 12.1 Å². The third-order valence-electron chi connectivity index (χ3n) is 3.96. The SMILES string of the molecule is CC1(N)CCCCC1C(=O)NCC1COCCO1. The van der Waals surface area contributed by atoms with Gasteiger partial charge in [-0.1, -0.05) is 12.8 Å². The molecule has 1 aliphatic heterocycles. The predicted molar refractivity (Wildman–Crippen MR) is 68.1 cm³/mol. The van der Waals surface area contributed by atoms with Gasteiger partial charge in [-0.15, -0.1) is 0 Å². The summed E-state index contributed by atoms with van der Waals surface area (Å²) in [6, 6.07) is 0. The van der Waals surface area contributed by atoms with Crippen LogP contribution >= 0.6 is 0 Å². The molecule has 1 heterocycles. The van der Waals surface area contributed by atoms with Crippen LogP contribution in [0.2, 0.25) is 0 Å². The summed E-state index contributed by atoms with van der Waals surface area (Å²) in [4.78, 5) is 12.2. The molecule has 18 heavy (non-hydrogen) atoms. The second kappa shape index (κ2) is 5.99. The van der Waals surface area contributed by atoms with Crippen LogP contribution in [0.15, 0.2) is 0 Å². The Bertz CT molecular complexity index is 288. The van der Waals surface area contributed by atoms with E-state index < -0.39 is 0 Å². The van der Waals surface area contributed by atoms with Crippen molar-refractivity contribution in [3.8, 4) is 0 Å². The Kier molecular flexibility index (Phi) is 4.59. The van der Waals surface area contributed by atoms with E-state index in [1.54, 1.807) is 0 Å². The van der Waals surface area contributed by atoms with Crippen molar-refractivity contribution >= 4 is 5.91 Å². The summed E-state index contributed by atoms with van der Waals surface area (Å²) in [6.07, 6.45) is 4.01. The lowest BCUT2D eigenvalue weighted by Gasteiger charge is -2.37. The molecule has 5 nitrogen and oxygen atoms in total. The molecule has 2 fully saturated rings. The largest absolute Gasteiger partial charge is 0.376 e. The number of carbonyl (C=O) groups is 1. The molecular formula is C13H24N2O3. The van der Waals surface area contributed by atoms with Crippen LogP contribution in [0.25, 0.3) is 0 Å². The summed E-state index contributed by atoms with van der Waals surface area (Å²) < 4.78 is 10.8. The van der Waals surface area contributed by atoms with Crippen LogP contribution in [0.1, 0.15) is 32.6 Å². The number of ether oxygens (including phenoxy) is 2. The Morgan fingerprint density at radius 3 is 2.94 bits per heavy atom. The highest BCUT2D eigenvalue weighted by Crippen LogP contribution is 2.31. The maximum absolute atomic E-state index is 12.2. The molecule has 1 amide bonds. The Morgan fingerprint density at radius 1 is 1.44 bits per heavy atom. The topological polar surface area (TPSA) is 73.6 Å². The van der Waals surface area contributed by atoms with Crippen molar-refractivity contribution in [3.63, 3.8) is 0 Å². The van der Waals surface area contributed by atoms with Crippen molar-refractivity contribution in [2.45, 2.75) is 44.2 Å². The van der Waals surface area contributed by atoms with E-state index in [4.69, 9.17) is 15.2 Å². The minimum atomic E-state index is -0.369. The van der Waals surface area contributed by atoms with Crippen LogP contribution in [-0.4, -0.2) is 43.9 Å². The average Bonchev–Trinajstić information content (AvgIpc) is 2.37. The van der Waals surface area contributed by atoms with Gasteiger partial charge >= 0.3 is 0 Å². The third kappa shape index (κ3) is 3.43. The van der Waals surface area contributed by atoms with Gasteiger partial charge in [-0.05, 0) is 19.8 Å². The quantitative estimate of drug-likeness (QED) is 0.768. The molecule has 1 aliphatic carbocycles. The lowest BCUT2D eigenvalue weighted by molar-refractivity contribution is -0.130. The highest BCUT2D eigenvalue weighted by molar-refractivity contribution is 5.80. The van der Waals surface area contributed by atoms with Crippen molar-refractivity contribution < 1.29 is 14.3 Å². The van der Waals surface area contributed by atoms with Gasteiger partial charge in [-0.2, -0.15) is 0 Å². The summed E-state index contributed by atoms with van der Waals surface area (Å²) in [6.45, 7) is 4.32. The van der Waals surface area contributed by atoms with Crippen LogP contribution in [0, 0.1) is 5.92 Å². The van der Waals surface area contributed by atoms with Crippen molar-refractivity contribution in [3.05, 3.63) is 0 Å². The first-order chi connectivity index (χ1) is 8.59. The second-order valence-corrected chi connectivity index (χ2v) is 5.62. The fourth-order valence-electron chi connectivity index (χ4n) is 2.78. The number of nitrogens with one attached hydrogen (secondary N) is 1. The zero-order valence-corrected chi connectivity index (χ0v) is 11.1. The van der Waals surface area contributed by atoms with E-state index in [9.17, 15) is 4.79 Å². The first-order valence-electron chi connectivity index (χ1n) is 6.85. The molecule has 1 saturated heterocycles. The molecule has 5 heteroatoms. The highest BCUT2D eigenvalue weighted by Gasteiger charge is 2.37. The lowest BCUT2D eigenvalue weighted by Crippen LogP contribution is -2.54. The smallest absolute Gasteiger partial charge is 0.225 e. The molecule has 0 radical (unpaired) electrons. The minimum Gasteiger partial charge on any atom is -0.376 e. The Labute approximate surface area is 108 Å². The van der Waals surface area contributed by atoms with Crippen LogP contribution in [-0.2, 0) is 14.3 Å². The monoisotopic (exact) mass is 256 g/mol. The van der Waals surface area contributed by atoms with E-state index in [0.29, 0.717) is 26.4 Å². The van der Waals surface area contributed by atoms with Gasteiger partial charge in [0.25, 0.3) is 0 Å². The van der Waals surface area contributed by atoms with E-state index >= 15 is 0 Å².